The van der Waals surface area contributed by atoms with Gasteiger partial charge in [-0.3, -0.25) is 4.79 Å². The SMILES string of the molecule is N#Cc1c(N)sc(C=O)c1S(=O)(=O)c1ccccc1. The largest absolute Gasteiger partial charge is 0.389 e. The van der Waals surface area contributed by atoms with E-state index >= 15 is 0 Å². The van der Waals surface area contributed by atoms with Gasteiger partial charge in [0.15, 0.2) is 6.29 Å². The average molecular weight is 292 g/mol. The van der Waals surface area contributed by atoms with Crippen LogP contribution in [-0.2, 0) is 9.84 Å². The highest BCUT2D eigenvalue weighted by Crippen LogP contribution is 2.36. The highest BCUT2D eigenvalue weighted by atomic mass is 32.2. The Balaban J connectivity index is 2.79. The quantitative estimate of drug-likeness (QED) is 0.870. The predicted octanol–water partition coefficient (Wildman–Crippen LogP) is 1.85. The highest BCUT2D eigenvalue weighted by Gasteiger charge is 2.29. The molecule has 2 aromatic rings. The lowest BCUT2D eigenvalue weighted by Gasteiger charge is -2.03. The zero-order chi connectivity index (χ0) is 14.0. The molecule has 96 valence electrons. The number of aldehydes is 1. The van der Waals surface area contributed by atoms with Gasteiger partial charge in [-0.2, -0.15) is 5.26 Å². The predicted molar refractivity (Wildman–Crippen MR) is 70.7 cm³/mol. The third-order valence-corrected chi connectivity index (χ3v) is 5.39. The van der Waals surface area contributed by atoms with Crippen LogP contribution in [0.1, 0.15) is 15.2 Å². The molecule has 0 bridgehead atoms. The molecule has 0 atom stereocenters. The molecule has 1 heterocycles. The second kappa shape index (κ2) is 4.84. The van der Waals surface area contributed by atoms with Crippen molar-refractivity contribution in [3.8, 4) is 6.07 Å². The van der Waals surface area contributed by atoms with Gasteiger partial charge < -0.3 is 5.73 Å². The lowest BCUT2D eigenvalue weighted by Crippen LogP contribution is -2.05. The standard InChI is InChI=1S/C12H8N2O3S2/c13-6-9-11(10(7-15)18-12(9)14)19(16,17)8-4-2-1-3-5-8/h1-5,7H,14H2. The number of anilines is 1. The van der Waals surface area contributed by atoms with Crippen LogP contribution in [0.4, 0.5) is 5.00 Å². The summed E-state index contributed by atoms with van der Waals surface area (Å²) < 4.78 is 24.9. The van der Waals surface area contributed by atoms with E-state index in [4.69, 9.17) is 11.0 Å². The first-order chi connectivity index (χ1) is 9.02. The molecule has 1 aromatic heterocycles. The van der Waals surface area contributed by atoms with Gasteiger partial charge in [-0.15, -0.1) is 11.3 Å². The van der Waals surface area contributed by atoms with Crippen molar-refractivity contribution in [2.75, 3.05) is 5.73 Å². The van der Waals surface area contributed by atoms with E-state index in [0.29, 0.717) is 6.29 Å². The van der Waals surface area contributed by atoms with Gasteiger partial charge in [0.1, 0.15) is 21.5 Å². The van der Waals surface area contributed by atoms with Crippen LogP contribution >= 0.6 is 11.3 Å². The van der Waals surface area contributed by atoms with Crippen LogP contribution in [0.15, 0.2) is 40.1 Å². The smallest absolute Gasteiger partial charge is 0.209 e. The van der Waals surface area contributed by atoms with E-state index < -0.39 is 9.84 Å². The van der Waals surface area contributed by atoms with Crippen molar-refractivity contribution in [2.24, 2.45) is 0 Å². The Labute approximate surface area is 113 Å². The fraction of sp³-hybridized carbons (Fsp3) is 0. The highest BCUT2D eigenvalue weighted by molar-refractivity contribution is 7.91. The average Bonchev–Trinajstić information content (AvgIpc) is 2.76. The lowest BCUT2D eigenvalue weighted by molar-refractivity contribution is 0.112. The summed E-state index contributed by atoms with van der Waals surface area (Å²) in [5, 5.41) is 9.04. The number of nitrogens with two attached hydrogens (primary N) is 1. The molecule has 2 N–H and O–H groups in total. The Morgan fingerprint density at radius 3 is 2.42 bits per heavy atom. The molecule has 7 heteroatoms. The van der Waals surface area contributed by atoms with Crippen molar-refractivity contribution in [1.29, 1.82) is 5.26 Å². The number of hydrogen-bond acceptors (Lipinski definition) is 6. The summed E-state index contributed by atoms with van der Waals surface area (Å²) in [6.45, 7) is 0. The van der Waals surface area contributed by atoms with Gasteiger partial charge >= 0.3 is 0 Å². The number of hydrogen-bond donors (Lipinski definition) is 1. The summed E-state index contributed by atoms with van der Waals surface area (Å²) in [5.41, 5.74) is 5.41. The van der Waals surface area contributed by atoms with Crippen molar-refractivity contribution < 1.29 is 13.2 Å². The first-order valence-corrected chi connectivity index (χ1v) is 7.40. The van der Waals surface area contributed by atoms with Crippen molar-refractivity contribution in [1.82, 2.24) is 0 Å². The Bertz CT molecular complexity index is 771. The summed E-state index contributed by atoms with van der Waals surface area (Å²) in [5.74, 6) is 0. The third kappa shape index (κ3) is 2.12. The lowest BCUT2D eigenvalue weighted by atomic mass is 10.3. The molecule has 5 nitrogen and oxygen atoms in total. The van der Waals surface area contributed by atoms with Gasteiger partial charge in [0.25, 0.3) is 0 Å². The van der Waals surface area contributed by atoms with Crippen molar-refractivity contribution in [3.05, 3.63) is 40.8 Å². The van der Waals surface area contributed by atoms with E-state index in [1.165, 1.54) is 12.1 Å². The van der Waals surface area contributed by atoms with E-state index in [0.717, 1.165) is 11.3 Å². The molecular formula is C12H8N2O3S2. The van der Waals surface area contributed by atoms with Gasteiger partial charge in [-0.1, -0.05) is 18.2 Å². The normalized spacial score (nSPS) is 10.9. The second-order valence-electron chi connectivity index (χ2n) is 3.58. The monoisotopic (exact) mass is 292 g/mol. The number of benzene rings is 1. The molecule has 0 aliphatic heterocycles. The maximum atomic E-state index is 12.4. The number of carbonyl (C=O) groups is 1. The minimum atomic E-state index is -3.93. The molecule has 0 saturated heterocycles. The minimum Gasteiger partial charge on any atom is -0.389 e. The van der Waals surface area contributed by atoms with Crippen LogP contribution in [0.25, 0.3) is 0 Å². The minimum absolute atomic E-state index is 0.0207. The number of rotatable bonds is 3. The maximum absolute atomic E-state index is 12.4. The summed E-state index contributed by atoms with van der Waals surface area (Å²) in [7, 11) is -3.93. The number of nitrogens with zero attached hydrogens (tertiary/aromatic N) is 1. The Kier molecular flexibility index (Phi) is 3.38. The fourth-order valence-electron chi connectivity index (χ4n) is 1.62. The van der Waals surface area contributed by atoms with E-state index in [9.17, 15) is 13.2 Å². The summed E-state index contributed by atoms with van der Waals surface area (Å²) >= 11 is 0.795. The Hall–Kier alpha value is -2.17. The number of carbonyl (C=O) groups excluding carboxylic acids is 1. The number of sulfone groups is 1. The van der Waals surface area contributed by atoms with Gasteiger partial charge in [-0.05, 0) is 12.1 Å². The van der Waals surface area contributed by atoms with E-state index in [2.05, 4.69) is 0 Å². The van der Waals surface area contributed by atoms with E-state index in [-0.39, 0.29) is 25.2 Å². The molecule has 1 aromatic carbocycles. The molecule has 0 amide bonds. The van der Waals surface area contributed by atoms with Crippen LogP contribution in [0.5, 0.6) is 0 Å². The second-order valence-corrected chi connectivity index (χ2v) is 6.55. The third-order valence-electron chi connectivity index (χ3n) is 2.46. The number of nitriles is 1. The first-order valence-electron chi connectivity index (χ1n) is 5.10. The molecule has 19 heavy (non-hydrogen) atoms. The zero-order valence-corrected chi connectivity index (χ0v) is 11.2. The molecule has 0 unspecified atom stereocenters. The molecule has 0 fully saturated rings. The van der Waals surface area contributed by atoms with Gasteiger partial charge in [-0.25, -0.2) is 8.42 Å². The van der Waals surface area contributed by atoms with E-state index in [1.807, 2.05) is 0 Å². The van der Waals surface area contributed by atoms with Crippen LogP contribution in [0.3, 0.4) is 0 Å². The van der Waals surface area contributed by atoms with Crippen molar-refractivity contribution >= 4 is 32.5 Å². The fourth-order valence-corrected chi connectivity index (χ4v) is 4.36. The van der Waals surface area contributed by atoms with Crippen LogP contribution in [0.2, 0.25) is 0 Å². The maximum Gasteiger partial charge on any atom is 0.209 e. The molecule has 0 aliphatic rings. The van der Waals surface area contributed by atoms with Crippen LogP contribution < -0.4 is 5.73 Å². The van der Waals surface area contributed by atoms with Crippen LogP contribution in [-0.4, -0.2) is 14.7 Å². The zero-order valence-electron chi connectivity index (χ0n) is 9.53. The Morgan fingerprint density at radius 2 is 1.89 bits per heavy atom. The molecule has 0 spiro atoms. The summed E-state index contributed by atoms with van der Waals surface area (Å²) in [6, 6.07) is 9.35. The molecule has 2 rings (SSSR count). The van der Waals surface area contributed by atoms with Gasteiger partial charge in [0, 0.05) is 0 Å². The molecule has 0 radical (unpaired) electrons. The summed E-state index contributed by atoms with van der Waals surface area (Å²) in [4.78, 5) is 10.6. The molecular weight excluding hydrogens is 284 g/mol. The molecule has 0 saturated carbocycles. The molecule has 0 aliphatic carbocycles. The van der Waals surface area contributed by atoms with Crippen molar-refractivity contribution in [3.63, 3.8) is 0 Å². The van der Waals surface area contributed by atoms with Crippen LogP contribution in [0, 0.1) is 11.3 Å². The van der Waals surface area contributed by atoms with E-state index in [1.54, 1.807) is 24.3 Å². The summed E-state index contributed by atoms with van der Waals surface area (Å²) in [6.07, 6.45) is 0.400. The Morgan fingerprint density at radius 1 is 1.26 bits per heavy atom. The van der Waals surface area contributed by atoms with Gasteiger partial charge in [0.05, 0.1) is 9.77 Å². The first kappa shape index (κ1) is 13.3. The van der Waals surface area contributed by atoms with Gasteiger partial charge in [0.2, 0.25) is 9.84 Å². The number of thiophene rings is 1. The topological polar surface area (TPSA) is 101 Å². The van der Waals surface area contributed by atoms with Crippen molar-refractivity contribution in [2.45, 2.75) is 9.79 Å². The number of nitrogen functional groups attached to an aromatic ring is 1.